The highest BCUT2D eigenvalue weighted by Gasteiger charge is 2.23. The SMILES string of the molecule is C=CC[C@H](NC(=O)OC(C)(C)C)c1nc(Br)cn1COCC[Si](C)(C)C. The Kier molecular flexibility index (Phi) is 8.56. The molecule has 1 aromatic rings. The van der Waals surface area contributed by atoms with E-state index in [1.807, 2.05) is 31.5 Å². The molecule has 1 heterocycles. The van der Waals surface area contributed by atoms with Gasteiger partial charge in [-0.05, 0) is 49.2 Å². The molecule has 1 rings (SSSR count). The highest BCUT2D eigenvalue weighted by Crippen LogP contribution is 2.21. The Bertz CT molecular complexity index is 606. The molecule has 1 aromatic heterocycles. The lowest BCUT2D eigenvalue weighted by Gasteiger charge is -2.23. The van der Waals surface area contributed by atoms with Gasteiger partial charge in [-0.15, -0.1) is 6.58 Å². The maximum Gasteiger partial charge on any atom is 0.408 e. The highest BCUT2D eigenvalue weighted by atomic mass is 79.9. The first-order valence-corrected chi connectivity index (χ1v) is 13.3. The van der Waals surface area contributed by atoms with Gasteiger partial charge >= 0.3 is 6.09 Å². The number of amides is 1. The number of carbonyl (C=O) groups excluding carboxylic acids is 1. The standard InChI is InChI=1S/C18H32BrN3O3Si/c1-8-9-14(20-17(23)25-18(2,3)4)16-21-15(19)12-22(16)13-24-10-11-26(5,6)7/h8,12,14H,1,9-11,13H2,2-7H3,(H,20,23)/t14-/m0/s1. The second kappa shape index (κ2) is 9.71. The molecule has 8 heteroatoms. The summed E-state index contributed by atoms with van der Waals surface area (Å²) in [6.45, 7) is 17.3. The molecule has 0 saturated carbocycles. The monoisotopic (exact) mass is 445 g/mol. The quantitative estimate of drug-likeness (QED) is 0.326. The number of halogens is 1. The fraction of sp³-hybridized carbons (Fsp3) is 0.667. The first-order valence-electron chi connectivity index (χ1n) is 8.82. The Hall–Kier alpha value is -1.12. The first kappa shape index (κ1) is 22.9. The molecule has 148 valence electrons. The second-order valence-corrected chi connectivity index (χ2v) is 14.9. The molecule has 0 bridgehead atoms. The van der Waals surface area contributed by atoms with E-state index in [1.54, 1.807) is 6.08 Å². The number of aromatic nitrogens is 2. The summed E-state index contributed by atoms with van der Waals surface area (Å²) in [6, 6.07) is 0.763. The minimum Gasteiger partial charge on any atom is -0.444 e. The summed E-state index contributed by atoms with van der Waals surface area (Å²) in [5, 5.41) is 2.87. The van der Waals surface area contributed by atoms with E-state index in [0.717, 1.165) is 12.7 Å². The minimum absolute atomic E-state index is 0.339. The third-order valence-corrected chi connectivity index (χ3v) is 5.50. The molecular formula is C18H32BrN3O3Si. The van der Waals surface area contributed by atoms with Crippen molar-refractivity contribution in [2.75, 3.05) is 6.61 Å². The third-order valence-electron chi connectivity index (χ3n) is 3.41. The number of nitrogens with zero attached hydrogens (tertiary/aromatic N) is 2. The number of imidazole rings is 1. The molecule has 0 fully saturated rings. The van der Waals surface area contributed by atoms with Gasteiger partial charge in [0.25, 0.3) is 0 Å². The van der Waals surface area contributed by atoms with Crippen molar-refractivity contribution in [3.05, 3.63) is 29.3 Å². The number of alkyl carbamates (subject to hydrolysis) is 1. The van der Waals surface area contributed by atoms with Crippen molar-refractivity contribution in [1.82, 2.24) is 14.9 Å². The number of ether oxygens (including phenoxy) is 2. The van der Waals surface area contributed by atoms with Crippen LogP contribution >= 0.6 is 15.9 Å². The maximum atomic E-state index is 12.2. The summed E-state index contributed by atoms with van der Waals surface area (Å²) in [5.41, 5.74) is -0.557. The molecule has 0 unspecified atom stereocenters. The molecule has 0 radical (unpaired) electrons. The van der Waals surface area contributed by atoms with Crippen LogP contribution in [0.1, 0.15) is 39.1 Å². The van der Waals surface area contributed by atoms with E-state index in [0.29, 0.717) is 23.6 Å². The van der Waals surface area contributed by atoms with Crippen LogP contribution in [-0.2, 0) is 16.2 Å². The lowest BCUT2D eigenvalue weighted by atomic mass is 10.2. The van der Waals surface area contributed by atoms with Gasteiger partial charge in [0.2, 0.25) is 0 Å². The largest absolute Gasteiger partial charge is 0.444 e. The molecule has 0 spiro atoms. The zero-order valence-electron chi connectivity index (χ0n) is 16.8. The molecule has 26 heavy (non-hydrogen) atoms. The van der Waals surface area contributed by atoms with E-state index < -0.39 is 19.8 Å². The molecule has 0 aliphatic rings. The van der Waals surface area contributed by atoms with Gasteiger partial charge in [0.15, 0.2) is 0 Å². The van der Waals surface area contributed by atoms with Crippen molar-refractivity contribution in [3.8, 4) is 0 Å². The van der Waals surface area contributed by atoms with Gasteiger partial charge in [-0.3, -0.25) is 0 Å². The van der Waals surface area contributed by atoms with Crippen molar-refractivity contribution in [2.24, 2.45) is 0 Å². The van der Waals surface area contributed by atoms with Crippen molar-refractivity contribution in [3.63, 3.8) is 0 Å². The van der Waals surface area contributed by atoms with E-state index in [1.165, 1.54) is 0 Å². The van der Waals surface area contributed by atoms with Gasteiger partial charge in [0.05, 0.1) is 6.04 Å². The van der Waals surface area contributed by atoms with Gasteiger partial charge in [0, 0.05) is 20.9 Å². The van der Waals surface area contributed by atoms with E-state index >= 15 is 0 Å². The van der Waals surface area contributed by atoms with Crippen LogP contribution in [0.3, 0.4) is 0 Å². The zero-order chi connectivity index (χ0) is 20.0. The van der Waals surface area contributed by atoms with E-state index in [-0.39, 0.29) is 6.04 Å². The summed E-state index contributed by atoms with van der Waals surface area (Å²) in [5.74, 6) is 0.704. The fourth-order valence-corrected chi connectivity index (χ4v) is 3.35. The molecule has 1 N–H and O–H groups in total. The smallest absolute Gasteiger partial charge is 0.408 e. The van der Waals surface area contributed by atoms with Crippen molar-refractivity contribution in [1.29, 1.82) is 0 Å². The Labute approximate surface area is 166 Å². The molecule has 0 aliphatic carbocycles. The van der Waals surface area contributed by atoms with Crippen LogP contribution in [0.2, 0.25) is 25.7 Å². The summed E-state index contributed by atoms with van der Waals surface area (Å²) in [4.78, 5) is 16.7. The average Bonchev–Trinajstić information content (AvgIpc) is 2.81. The normalized spacial score (nSPS) is 13.3. The predicted octanol–water partition coefficient (Wildman–Crippen LogP) is 5.10. The fourth-order valence-electron chi connectivity index (χ4n) is 2.17. The van der Waals surface area contributed by atoms with Gasteiger partial charge in [-0.1, -0.05) is 25.7 Å². The van der Waals surface area contributed by atoms with Crippen LogP contribution in [0.5, 0.6) is 0 Å². The molecule has 0 aliphatic heterocycles. The maximum absolute atomic E-state index is 12.2. The lowest BCUT2D eigenvalue weighted by molar-refractivity contribution is 0.0492. The Morgan fingerprint density at radius 3 is 2.65 bits per heavy atom. The van der Waals surface area contributed by atoms with Gasteiger partial charge in [0.1, 0.15) is 22.8 Å². The van der Waals surface area contributed by atoms with Crippen molar-refractivity contribution in [2.45, 2.75) is 71.3 Å². The molecule has 0 aromatic carbocycles. The predicted molar refractivity (Wildman–Crippen MR) is 111 cm³/mol. The number of rotatable bonds is 9. The van der Waals surface area contributed by atoms with Gasteiger partial charge in [-0.25, -0.2) is 9.78 Å². The number of nitrogens with one attached hydrogen (secondary N) is 1. The Morgan fingerprint density at radius 2 is 2.12 bits per heavy atom. The molecule has 1 atom stereocenters. The summed E-state index contributed by atoms with van der Waals surface area (Å²) in [7, 11) is -1.13. The third kappa shape index (κ3) is 9.00. The number of hydrogen-bond acceptors (Lipinski definition) is 4. The van der Waals surface area contributed by atoms with E-state index in [2.05, 4.69) is 52.5 Å². The van der Waals surface area contributed by atoms with Crippen molar-refractivity contribution < 1.29 is 14.3 Å². The van der Waals surface area contributed by atoms with Crippen LogP contribution < -0.4 is 5.32 Å². The van der Waals surface area contributed by atoms with Crippen LogP contribution in [-0.4, -0.2) is 35.9 Å². The van der Waals surface area contributed by atoms with Crippen LogP contribution in [0.25, 0.3) is 0 Å². The summed E-state index contributed by atoms with van der Waals surface area (Å²) in [6.07, 6.45) is 3.67. The molecule has 1 amide bonds. The second-order valence-electron chi connectivity index (χ2n) is 8.46. The average molecular weight is 446 g/mol. The van der Waals surface area contributed by atoms with Crippen LogP contribution in [0, 0.1) is 0 Å². The molecular weight excluding hydrogens is 414 g/mol. The highest BCUT2D eigenvalue weighted by molar-refractivity contribution is 9.10. The Balaban J connectivity index is 2.81. The number of hydrogen-bond donors (Lipinski definition) is 1. The van der Waals surface area contributed by atoms with E-state index in [9.17, 15) is 4.79 Å². The zero-order valence-corrected chi connectivity index (χ0v) is 19.4. The topological polar surface area (TPSA) is 65.4 Å². The summed E-state index contributed by atoms with van der Waals surface area (Å²) >= 11 is 3.41. The van der Waals surface area contributed by atoms with Gasteiger partial charge in [-0.2, -0.15) is 0 Å². The van der Waals surface area contributed by atoms with E-state index in [4.69, 9.17) is 9.47 Å². The van der Waals surface area contributed by atoms with Crippen molar-refractivity contribution >= 4 is 30.1 Å². The van der Waals surface area contributed by atoms with Crippen LogP contribution in [0.4, 0.5) is 4.79 Å². The Morgan fingerprint density at radius 1 is 1.46 bits per heavy atom. The summed E-state index contributed by atoms with van der Waals surface area (Å²) < 4.78 is 13.8. The number of carbonyl (C=O) groups is 1. The molecule has 6 nitrogen and oxygen atoms in total. The minimum atomic E-state index is -1.13. The van der Waals surface area contributed by atoms with Crippen LogP contribution in [0.15, 0.2) is 23.5 Å². The lowest BCUT2D eigenvalue weighted by Crippen LogP contribution is -2.36. The molecule has 0 saturated heterocycles. The first-order chi connectivity index (χ1) is 11.9. The van der Waals surface area contributed by atoms with Gasteiger partial charge < -0.3 is 19.4 Å².